The van der Waals surface area contributed by atoms with Crippen LogP contribution in [0.4, 0.5) is 5.69 Å². The third kappa shape index (κ3) is 3.55. The maximum absolute atomic E-state index is 7.03. The Morgan fingerprint density at radius 1 is 1.00 bits per heavy atom. The lowest BCUT2D eigenvalue weighted by Crippen LogP contribution is -2.05. The first-order valence-corrected chi connectivity index (χ1v) is 8.18. The van der Waals surface area contributed by atoms with Crippen molar-refractivity contribution in [3.63, 3.8) is 0 Å². The van der Waals surface area contributed by atoms with E-state index in [9.17, 15) is 0 Å². The molecule has 0 N–H and O–H groups in total. The van der Waals surface area contributed by atoms with E-state index in [-0.39, 0.29) is 0 Å². The molecule has 3 heteroatoms. The van der Waals surface area contributed by atoms with Crippen molar-refractivity contribution in [2.75, 3.05) is 0 Å². The second kappa shape index (κ2) is 7.14. The van der Waals surface area contributed by atoms with Crippen molar-refractivity contribution >= 4 is 5.69 Å². The minimum Gasteiger partial charge on any atom is -0.330 e. The van der Waals surface area contributed by atoms with E-state index in [1.165, 1.54) is 27.9 Å². The molecule has 0 aliphatic rings. The van der Waals surface area contributed by atoms with Crippen LogP contribution < -0.4 is 0 Å². The average molecular weight is 315 g/mol. The molecular formula is C21H21N3. The molecule has 3 rings (SSSR count). The van der Waals surface area contributed by atoms with Crippen LogP contribution in [0.25, 0.3) is 4.85 Å². The number of nitrogens with zero attached hydrogens (tertiary/aromatic N) is 3. The van der Waals surface area contributed by atoms with Crippen molar-refractivity contribution in [3.05, 3.63) is 94.4 Å². The van der Waals surface area contributed by atoms with Gasteiger partial charge in [0, 0.05) is 18.4 Å². The molecule has 120 valence electrons. The molecule has 2 aromatic carbocycles. The van der Waals surface area contributed by atoms with E-state index in [0.29, 0.717) is 5.69 Å². The van der Waals surface area contributed by atoms with Gasteiger partial charge in [0.15, 0.2) is 5.69 Å². The van der Waals surface area contributed by atoms with Gasteiger partial charge in [-0.2, -0.15) is 0 Å². The van der Waals surface area contributed by atoms with Gasteiger partial charge in [-0.1, -0.05) is 42.5 Å². The Hall–Kier alpha value is -2.86. The first-order valence-electron chi connectivity index (χ1n) is 8.18. The zero-order valence-electron chi connectivity index (χ0n) is 14.2. The summed E-state index contributed by atoms with van der Waals surface area (Å²) in [6.45, 7) is 12.2. The number of imidazole rings is 1. The number of hydrogen-bond acceptors (Lipinski definition) is 1. The molecule has 3 aromatic rings. The van der Waals surface area contributed by atoms with E-state index in [4.69, 9.17) is 6.57 Å². The van der Waals surface area contributed by atoms with Crippen molar-refractivity contribution in [2.24, 2.45) is 0 Å². The summed E-state index contributed by atoms with van der Waals surface area (Å²) in [6, 6.07) is 14.2. The van der Waals surface area contributed by atoms with Gasteiger partial charge in [-0.3, -0.25) is 0 Å². The molecule has 0 fully saturated rings. The number of benzene rings is 2. The minimum absolute atomic E-state index is 0.680. The van der Waals surface area contributed by atoms with Gasteiger partial charge in [0.1, 0.15) is 0 Å². The molecule has 0 aliphatic carbocycles. The Balaban J connectivity index is 1.72. The van der Waals surface area contributed by atoms with E-state index in [2.05, 4.69) is 46.4 Å². The van der Waals surface area contributed by atoms with Crippen LogP contribution >= 0.6 is 0 Å². The highest BCUT2D eigenvalue weighted by atomic mass is 15.0. The molecule has 0 saturated heterocycles. The Labute approximate surface area is 143 Å². The molecular weight excluding hydrogens is 294 g/mol. The summed E-state index contributed by atoms with van der Waals surface area (Å²) in [5, 5.41) is 0. The van der Waals surface area contributed by atoms with E-state index >= 15 is 0 Å². The highest BCUT2D eigenvalue weighted by Gasteiger charge is 2.07. The molecule has 0 unspecified atom stereocenters. The quantitative estimate of drug-likeness (QED) is 0.615. The van der Waals surface area contributed by atoms with Gasteiger partial charge >= 0.3 is 0 Å². The monoisotopic (exact) mass is 315 g/mol. The summed E-state index contributed by atoms with van der Waals surface area (Å²) in [6.07, 6.45) is 5.86. The summed E-state index contributed by atoms with van der Waals surface area (Å²) >= 11 is 0. The smallest absolute Gasteiger partial charge is 0.187 e. The third-order valence-corrected chi connectivity index (χ3v) is 4.49. The molecule has 24 heavy (non-hydrogen) atoms. The zero-order valence-corrected chi connectivity index (χ0v) is 14.2. The molecule has 0 atom stereocenters. The Kier molecular flexibility index (Phi) is 4.77. The van der Waals surface area contributed by atoms with E-state index in [1.807, 2.05) is 36.8 Å². The van der Waals surface area contributed by atoms with E-state index in [1.54, 1.807) is 0 Å². The Morgan fingerprint density at radius 2 is 1.71 bits per heavy atom. The first kappa shape index (κ1) is 16.0. The maximum Gasteiger partial charge on any atom is 0.187 e. The average Bonchev–Trinajstić information content (AvgIpc) is 3.02. The molecule has 0 aliphatic heterocycles. The lowest BCUT2D eigenvalue weighted by molar-refractivity contribution is 0.728. The summed E-state index contributed by atoms with van der Waals surface area (Å²) in [5.74, 6) is 0. The summed E-state index contributed by atoms with van der Waals surface area (Å²) in [4.78, 5) is 7.76. The zero-order chi connectivity index (χ0) is 16.9. The SMILES string of the molecule is [C-]#[N+]c1ccc(Cn2cncc2CCc2c(C)cccc2C)cc1. The second-order valence-corrected chi connectivity index (χ2v) is 6.16. The van der Waals surface area contributed by atoms with Crippen molar-refractivity contribution in [1.82, 2.24) is 9.55 Å². The fourth-order valence-corrected chi connectivity index (χ4v) is 3.07. The molecule has 0 bridgehead atoms. The number of aryl methyl sites for hydroxylation is 3. The lowest BCUT2D eigenvalue weighted by Gasteiger charge is -2.11. The third-order valence-electron chi connectivity index (χ3n) is 4.49. The van der Waals surface area contributed by atoms with Gasteiger partial charge in [0.05, 0.1) is 12.9 Å². The molecule has 0 radical (unpaired) electrons. The van der Waals surface area contributed by atoms with Crippen molar-refractivity contribution in [3.8, 4) is 0 Å². The summed E-state index contributed by atoms with van der Waals surface area (Å²) in [7, 11) is 0. The number of aromatic nitrogens is 2. The predicted octanol–water partition coefficient (Wildman–Crippen LogP) is 4.88. The van der Waals surface area contributed by atoms with E-state index in [0.717, 1.165) is 19.4 Å². The second-order valence-electron chi connectivity index (χ2n) is 6.16. The van der Waals surface area contributed by atoms with Crippen molar-refractivity contribution < 1.29 is 0 Å². The highest BCUT2D eigenvalue weighted by Crippen LogP contribution is 2.18. The van der Waals surface area contributed by atoms with Crippen LogP contribution in [-0.2, 0) is 19.4 Å². The normalized spacial score (nSPS) is 10.5. The first-order chi connectivity index (χ1) is 11.7. The van der Waals surface area contributed by atoms with Gasteiger partial charge in [-0.15, -0.1) is 0 Å². The Morgan fingerprint density at radius 3 is 2.38 bits per heavy atom. The molecule has 0 saturated carbocycles. The van der Waals surface area contributed by atoms with Crippen LogP contribution in [0.5, 0.6) is 0 Å². The van der Waals surface area contributed by atoms with Gasteiger partial charge in [0.25, 0.3) is 0 Å². The standard InChI is InChI=1S/C21H21N3/c1-16-5-4-6-17(2)21(16)12-11-20-13-23-15-24(20)14-18-7-9-19(22-3)10-8-18/h4-10,13,15H,11-12,14H2,1-2H3. The highest BCUT2D eigenvalue weighted by molar-refractivity contribution is 5.45. The van der Waals surface area contributed by atoms with Gasteiger partial charge in [-0.25, -0.2) is 9.83 Å². The van der Waals surface area contributed by atoms with Gasteiger partial charge in [-0.05, 0) is 48.9 Å². The number of hydrogen-bond donors (Lipinski definition) is 0. The fraction of sp³-hybridized carbons (Fsp3) is 0.238. The van der Waals surface area contributed by atoms with Crippen molar-refractivity contribution in [1.29, 1.82) is 0 Å². The summed E-state index contributed by atoms with van der Waals surface area (Å²) in [5.41, 5.74) is 7.26. The minimum atomic E-state index is 0.680. The molecule has 0 amide bonds. The van der Waals surface area contributed by atoms with Crippen LogP contribution in [-0.4, -0.2) is 9.55 Å². The van der Waals surface area contributed by atoms with Crippen LogP contribution in [0.15, 0.2) is 55.0 Å². The van der Waals surface area contributed by atoms with Crippen LogP contribution in [0.3, 0.4) is 0 Å². The van der Waals surface area contributed by atoms with Crippen molar-refractivity contribution in [2.45, 2.75) is 33.2 Å². The fourth-order valence-electron chi connectivity index (χ4n) is 3.07. The van der Waals surface area contributed by atoms with Gasteiger partial charge < -0.3 is 4.57 Å². The maximum atomic E-state index is 7.03. The van der Waals surface area contributed by atoms with E-state index < -0.39 is 0 Å². The van der Waals surface area contributed by atoms with Crippen LogP contribution in [0, 0.1) is 20.4 Å². The Bertz CT molecular complexity index is 847. The summed E-state index contributed by atoms with van der Waals surface area (Å²) < 4.78 is 2.19. The molecule has 1 aromatic heterocycles. The number of rotatable bonds is 5. The largest absolute Gasteiger partial charge is 0.330 e. The lowest BCUT2D eigenvalue weighted by atomic mass is 9.98. The van der Waals surface area contributed by atoms with Gasteiger partial charge in [0.2, 0.25) is 0 Å². The van der Waals surface area contributed by atoms with Crippen LogP contribution in [0.1, 0.15) is 27.9 Å². The molecule has 0 spiro atoms. The van der Waals surface area contributed by atoms with Crippen LogP contribution in [0.2, 0.25) is 0 Å². The molecule has 1 heterocycles. The molecule has 3 nitrogen and oxygen atoms in total. The predicted molar refractivity (Wildman–Crippen MR) is 97.4 cm³/mol. The topological polar surface area (TPSA) is 22.2 Å².